The average Bonchev–Trinajstić information content (AvgIpc) is 2.33. The molecule has 0 aliphatic heterocycles. The number of hydrogen-bond acceptors (Lipinski definition) is 4. The lowest BCUT2D eigenvalue weighted by Gasteiger charge is -2.10. The summed E-state index contributed by atoms with van der Waals surface area (Å²) in [6.45, 7) is 8.39. The van der Waals surface area contributed by atoms with Crippen LogP contribution in [0.5, 0.6) is 0 Å². The van der Waals surface area contributed by atoms with Crippen molar-refractivity contribution in [2.75, 3.05) is 18.8 Å². The number of H-pyrrole nitrogens is 1. The maximum absolute atomic E-state index is 11.5. The number of nitrogens with zero attached hydrogens (tertiary/aromatic N) is 1. The molecule has 0 aliphatic carbocycles. The van der Waals surface area contributed by atoms with Gasteiger partial charge in [0.05, 0.1) is 0 Å². The SMILES string of the molecule is CCCc1cc(=O)[nH]c(SCC(C)CNCC)n1. The van der Waals surface area contributed by atoms with Crippen LogP contribution in [0.15, 0.2) is 16.0 Å². The molecule has 18 heavy (non-hydrogen) atoms. The van der Waals surface area contributed by atoms with E-state index in [1.807, 2.05) is 0 Å². The lowest BCUT2D eigenvalue weighted by Crippen LogP contribution is -2.22. The fraction of sp³-hybridized carbons (Fsp3) is 0.692. The van der Waals surface area contributed by atoms with E-state index in [0.29, 0.717) is 5.92 Å². The van der Waals surface area contributed by atoms with Crippen molar-refractivity contribution >= 4 is 11.8 Å². The number of thioether (sulfide) groups is 1. The molecule has 1 aromatic heterocycles. The number of rotatable bonds is 8. The van der Waals surface area contributed by atoms with Crippen LogP contribution in [0.1, 0.15) is 32.9 Å². The predicted octanol–water partition coefficient (Wildman–Crippen LogP) is 2.06. The molecule has 1 heterocycles. The number of hydrogen-bond donors (Lipinski definition) is 2. The van der Waals surface area contributed by atoms with Crippen LogP contribution in [0.2, 0.25) is 0 Å². The number of aromatic amines is 1. The van der Waals surface area contributed by atoms with E-state index in [9.17, 15) is 4.79 Å². The molecule has 1 unspecified atom stereocenters. The van der Waals surface area contributed by atoms with Crippen molar-refractivity contribution in [3.05, 3.63) is 22.1 Å². The molecule has 2 N–H and O–H groups in total. The maximum atomic E-state index is 11.5. The van der Waals surface area contributed by atoms with E-state index in [0.717, 1.165) is 42.5 Å². The van der Waals surface area contributed by atoms with Gasteiger partial charge in [-0.15, -0.1) is 0 Å². The van der Waals surface area contributed by atoms with E-state index in [-0.39, 0.29) is 5.56 Å². The zero-order valence-electron chi connectivity index (χ0n) is 11.5. The van der Waals surface area contributed by atoms with Gasteiger partial charge >= 0.3 is 0 Å². The summed E-state index contributed by atoms with van der Waals surface area (Å²) in [5.41, 5.74) is 0.846. The van der Waals surface area contributed by atoms with Gasteiger partial charge in [-0.2, -0.15) is 0 Å². The van der Waals surface area contributed by atoms with E-state index < -0.39 is 0 Å². The molecule has 5 heteroatoms. The number of nitrogens with one attached hydrogen (secondary N) is 2. The summed E-state index contributed by atoms with van der Waals surface area (Å²) in [6.07, 6.45) is 1.88. The van der Waals surface area contributed by atoms with Crippen LogP contribution >= 0.6 is 11.8 Å². The Morgan fingerprint density at radius 3 is 2.94 bits per heavy atom. The molecule has 0 saturated carbocycles. The summed E-state index contributed by atoms with van der Waals surface area (Å²) in [7, 11) is 0. The van der Waals surface area contributed by atoms with Crippen molar-refractivity contribution in [1.29, 1.82) is 0 Å². The highest BCUT2D eigenvalue weighted by molar-refractivity contribution is 7.99. The molecule has 0 spiro atoms. The Morgan fingerprint density at radius 1 is 1.50 bits per heavy atom. The third kappa shape index (κ3) is 5.69. The summed E-state index contributed by atoms with van der Waals surface area (Å²) >= 11 is 1.63. The molecule has 0 fully saturated rings. The van der Waals surface area contributed by atoms with Crippen LogP contribution in [0.25, 0.3) is 0 Å². The summed E-state index contributed by atoms with van der Waals surface area (Å²) in [5, 5.41) is 4.07. The minimum absolute atomic E-state index is 0.0460. The second-order valence-corrected chi connectivity index (χ2v) is 5.52. The molecule has 0 radical (unpaired) electrons. The number of aryl methyl sites for hydroxylation is 1. The van der Waals surface area contributed by atoms with Crippen LogP contribution in [0.3, 0.4) is 0 Å². The molecule has 0 saturated heterocycles. The lowest BCUT2D eigenvalue weighted by molar-refractivity contribution is 0.573. The lowest BCUT2D eigenvalue weighted by atomic mass is 10.2. The molecule has 1 atom stereocenters. The average molecular weight is 269 g/mol. The second-order valence-electron chi connectivity index (χ2n) is 4.52. The zero-order chi connectivity index (χ0) is 13.4. The van der Waals surface area contributed by atoms with Gasteiger partial charge in [0.25, 0.3) is 5.56 Å². The Kier molecular flexibility index (Phi) is 7.05. The first-order valence-corrected chi connectivity index (χ1v) is 7.58. The fourth-order valence-corrected chi connectivity index (χ4v) is 2.52. The Morgan fingerprint density at radius 2 is 2.28 bits per heavy atom. The highest BCUT2D eigenvalue weighted by Gasteiger charge is 2.05. The smallest absolute Gasteiger partial charge is 0.251 e. The molecular weight excluding hydrogens is 246 g/mol. The van der Waals surface area contributed by atoms with E-state index in [2.05, 4.69) is 36.1 Å². The first-order valence-electron chi connectivity index (χ1n) is 6.59. The fourth-order valence-electron chi connectivity index (χ4n) is 1.61. The minimum Gasteiger partial charge on any atom is -0.317 e. The highest BCUT2D eigenvalue weighted by atomic mass is 32.2. The van der Waals surface area contributed by atoms with Gasteiger partial charge in [0, 0.05) is 17.5 Å². The first-order chi connectivity index (χ1) is 8.65. The molecule has 0 bridgehead atoms. The molecule has 1 aromatic rings. The Hall–Kier alpha value is -0.810. The van der Waals surface area contributed by atoms with Gasteiger partial charge in [-0.1, -0.05) is 39.0 Å². The minimum atomic E-state index is -0.0460. The topological polar surface area (TPSA) is 57.8 Å². The van der Waals surface area contributed by atoms with Gasteiger partial charge in [-0.3, -0.25) is 4.79 Å². The van der Waals surface area contributed by atoms with Crippen LogP contribution in [-0.4, -0.2) is 28.8 Å². The van der Waals surface area contributed by atoms with Crippen LogP contribution in [0.4, 0.5) is 0 Å². The Bertz CT molecular complexity index is 405. The van der Waals surface area contributed by atoms with Gasteiger partial charge in [-0.05, 0) is 25.4 Å². The van der Waals surface area contributed by atoms with Crippen LogP contribution in [-0.2, 0) is 6.42 Å². The monoisotopic (exact) mass is 269 g/mol. The van der Waals surface area contributed by atoms with E-state index >= 15 is 0 Å². The maximum Gasteiger partial charge on any atom is 0.251 e. The summed E-state index contributed by atoms with van der Waals surface area (Å²) < 4.78 is 0. The molecular formula is C13H23N3OS. The van der Waals surface area contributed by atoms with Crippen molar-refractivity contribution in [3.8, 4) is 0 Å². The quantitative estimate of drug-likeness (QED) is 0.560. The van der Waals surface area contributed by atoms with Gasteiger partial charge < -0.3 is 10.3 Å². The van der Waals surface area contributed by atoms with Gasteiger partial charge in [0.15, 0.2) is 5.16 Å². The third-order valence-electron chi connectivity index (χ3n) is 2.53. The van der Waals surface area contributed by atoms with Crippen LogP contribution < -0.4 is 10.9 Å². The Labute approximate surface area is 113 Å². The van der Waals surface area contributed by atoms with Crippen molar-refractivity contribution in [1.82, 2.24) is 15.3 Å². The third-order valence-corrected chi connectivity index (χ3v) is 3.73. The molecule has 102 valence electrons. The van der Waals surface area contributed by atoms with Gasteiger partial charge in [0.2, 0.25) is 0 Å². The summed E-state index contributed by atoms with van der Waals surface area (Å²) in [5.74, 6) is 1.53. The summed E-state index contributed by atoms with van der Waals surface area (Å²) in [4.78, 5) is 18.7. The van der Waals surface area contributed by atoms with Crippen molar-refractivity contribution < 1.29 is 0 Å². The molecule has 0 aromatic carbocycles. The van der Waals surface area contributed by atoms with E-state index in [1.54, 1.807) is 17.8 Å². The number of aromatic nitrogens is 2. The van der Waals surface area contributed by atoms with Gasteiger partial charge in [0.1, 0.15) is 0 Å². The molecule has 0 aliphatic rings. The normalized spacial score (nSPS) is 12.6. The van der Waals surface area contributed by atoms with Crippen molar-refractivity contribution in [2.45, 2.75) is 38.8 Å². The van der Waals surface area contributed by atoms with Crippen molar-refractivity contribution in [3.63, 3.8) is 0 Å². The summed E-state index contributed by atoms with van der Waals surface area (Å²) in [6, 6.07) is 1.59. The molecule has 0 amide bonds. The molecule has 4 nitrogen and oxygen atoms in total. The van der Waals surface area contributed by atoms with Gasteiger partial charge in [-0.25, -0.2) is 4.98 Å². The van der Waals surface area contributed by atoms with E-state index in [4.69, 9.17) is 0 Å². The van der Waals surface area contributed by atoms with Crippen molar-refractivity contribution in [2.24, 2.45) is 5.92 Å². The largest absolute Gasteiger partial charge is 0.317 e. The Balaban J connectivity index is 2.53. The second kappa shape index (κ2) is 8.32. The first kappa shape index (κ1) is 15.2. The van der Waals surface area contributed by atoms with Crippen LogP contribution in [0, 0.1) is 5.92 Å². The predicted molar refractivity (Wildman–Crippen MR) is 77.3 cm³/mol. The molecule has 1 rings (SSSR count). The van der Waals surface area contributed by atoms with E-state index in [1.165, 1.54) is 0 Å². The standard InChI is InChI=1S/C13H23N3OS/c1-4-6-11-7-12(17)16-13(15-11)18-9-10(3)8-14-5-2/h7,10,14H,4-6,8-9H2,1-3H3,(H,15,16,17). The highest BCUT2D eigenvalue weighted by Crippen LogP contribution is 2.15. The zero-order valence-corrected chi connectivity index (χ0v) is 12.3.